The molecule has 0 atom stereocenters. The van der Waals surface area contributed by atoms with Crippen molar-refractivity contribution in [1.82, 2.24) is 15.2 Å². The molecule has 1 aliphatic rings. The van der Waals surface area contributed by atoms with Crippen molar-refractivity contribution in [2.24, 2.45) is 5.84 Å². The second-order valence-electron chi connectivity index (χ2n) is 2.76. The summed E-state index contributed by atoms with van der Waals surface area (Å²) >= 11 is 0. The van der Waals surface area contributed by atoms with Gasteiger partial charge in [0.15, 0.2) is 0 Å². The molecule has 0 amide bonds. The molecule has 0 aliphatic carbocycles. The van der Waals surface area contributed by atoms with Crippen molar-refractivity contribution < 1.29 is 0 Å². The van der Waals surface area contributed by atoms with E-state index in [4.69, 9.17) is 5.84 Å². The SMILES string of the molecule is NN1CCc2cnncc2C1. The third-order valence-electron chi connectivity index (χ3n) is 1.95. The van der Waals surface area contributed by atoms with Gasteiger partial charge in [0.25, 0.3) is 0 Å². The number of rotatable bonds is 0. The first kappa shape index (κ1) is 6.69. The van der Waals surface area contributed by atoms with E-state index < -0.39 is 0 Å². The van der Waals surface area contributed by atoms with Gasteiger partial charge in [-0.25, -0.2) is 5.01 Å². The molecule has 4 heteroatoms. The van der Waals surface area contributed by atoms with Gasteiger partial charge in [0.1, 0.15) is 0 Å². The first-order valence-electron chi connectivity index (χ1n) is 3.64. The van der Waals surface area contributed by atoms with E-state index >= 15 is 0 Å². The lowest BCUT2D eigenvalue weighted by molar-refractivity contribution is 0.261. The summed E-state index contributed by atoms with van der Waals surface area (Å²) in [5.74, 6) is 5.63. The van der Waals surface area contributed by atoms with Crippen molar-refractivity contribution in [1.29, 1.82) is 0 Å². The molecule has 0 radical (unpaired) electrons. The van der Waals surface area contributed by atoms with Gasteiger partial charge < -0.3 is 0 Å². The molecule has 2 heterocycles. The van der Waals surface area contributed by atoms with Crippen LogP contribution < -0.4 is 5.84 Å². The van der Waals surface area contributed by atoms with Gasteiger partial charge in [-0.05, 0) is 17.5 Å². The minimum atomic E-state index is 0.796. The van der Waals surface area contributed by atoms with E-state index in [2.05, 4.69) is 10.2 Å². The third-order valence-corrected chi connectivity index (χ3v) is 1.95. The van der Waals surface area contributed by atoms with E-state index in [1.165, 1.54) is 11.1 Å². The Morgan fingerprint density at radius 2 is 2.00 bits per heavy atom. The molecule has 0 aromatic carbocycles. The van der Waals surface area contributed by atoms with Gasteiger partial charge >= 0.3 is 0 Å². The Balaban J connectivity index is 2.34. The first-order chi connectivity index (χ1) is 5.36. The van der Waals surface area contributed by atoms with Gasteiger partial charge in [0.05, 0.1) is 12.4 Å². The van der Waals surface area contributed by atoms with Crippen LogP contribution in [0.3, 0.4) is 0 Å². The predicted octanol–water partition coefficient (Wildman–Crippen LogP) is -0.292. The second kappa shape index (κ2) is 2.56. The highest BCUT2D eigenvalue weighted by Gasteiger charge is 2.12. The normalized spacial score (nSPS) is 17.9. The molecule has 0 saturated carbocycles. The summed E-state index contributed by atoms with van der Waals surface area (Å²) in [4.78, 5) is 0. The highest BCUT2D eigenvalue weighted by molar-refractivity contribution is 5.22. The molecule has 0 saturated heterocycles. The molecule has 1 aliphatic heterocycles. The molecular weight excluding hydrogens is 140 g/mol. The monoisotopic (exact) mass is 150 g/mol. The van der Waals surface area contributed by atoms with Crippen LogP contribution in [0.5, 0.6) is 0 Å². The highest BCUT2D eigenvalue weighted by atomic mass is 15.4. The maximum absolute atomic E-state index is 5.63. The largest absolute Gasteiger partial charge is 0.268 e. The summed E-state index contributed by atoms with van der Waals surface area (Å²) in [7, 11) is 0. The average molecular weight is 150 g/mol. The Hall–Kier alpha value is -1.00. The van der Waals surface area contributed by atoms with Gasteiger partial charge in [-0.2, -0.15) is 10.2 Å². The molecule has 58 valence electrons. The zero-order chi connectivity index (χ0) is 7.68. The summed E-state index contributed by atoms with van der Waals surface area (Å²) in [6, 6.07) is 0. The van der Waals surface area contributed by atoms with E-state index in [9.17, 15) is 0 Å². The van der Waals surface area contributed by atoms with Crippen molar-refractivity contribution in [3.8, 4) is 0 Å². The topological polar surface area (TPSA) is 55.0 Å². The minimum absolute atomic E-state index is 0.796. The molecule has 0 fully saturated rings. The molecule has 4 nitrogen and oxygen atoms in total. The molecule has 1 aromatic heterocycles. The molecular formula is C7H10N4. The number of nitrogens with two attached hydrogens (primary N) is 1. The van der Waals surface area contributed by atoms with E-state index in [0.29, 0.717) is 0 Å². The van der Waals surface area contributed by atoms with E-state index in [-0.39, 0.29) is 0 Å². The lowest BCUT2D eigenvalue weighted by Gasteiger charge is -2.22. The zero-order valence-electron chi connectivity index (χ0n) is 6.20. The summed E-state index contributed by atoms with van der Waals surface area (Å²) in [6.45, 7) is 1.71. The summed E-state index contributed by atoms with van der Waals surface area (Å²) < 4.78 is 0. The Kier molecular flexibility index (Phi) is 1.56. The molecule has 2 rings (SSSR count). The van der Waals surface area contributed by atoms with Crippen LogP contribution in [0.15, 0.2) is 12.4 Å². The van der Waals surface area contributed by atoms with Crippen molar-refractivity contribution in [3.63, 3.8) is 0 Å². The number of fused-ring (bicyclic) bond motifs is 1. The van der Waals surface area contributed by atoms with Crippen molar-refractivity contribution in [2.75, 3.05) is 6.54 Å². The van der Waals surface area contributed by atoms with Crippen LogP contribution in [-0.2, 0) is 13.0 Å². The fraction of sp³-hybridized carbons (Fsp3) is 0.429. The van der Waals surface area contributed by atoms with Gasteiger partial charge in [-0.15, -0.1) is 0 Å². The van der Waals surface area contributed by atoms with Gasteiger partial charge in [0, 0.05) is 13.1 Å². The van der Waals surface area contributed by atoms with Crippen LogP contribution >= 0.6 is 0 Å². The number of aromatic nitrogens is 2. The van der Waals surface area contributed by atoms with Gasteiger partial charge in [-0.3, -0.25) is 5.84 Å². The van der Waals surface area contributed by atoms with Crippen molar-refractivity contribution in [3.05, 3.63) is 23.5 Å². The van der Waals surface area contributed by atoms with Crippen LogP contribution in [0.1, 0.15) is 11.1 Å². The zero-order valence-corrected chi connectivity index (χ0v) is 6.20. The van der Waals surface area contributed by atoms with Crippen LogP contribution in [0, 0.1) is 0 Å². The van der Waals surface area contributed by atoms with Crippen molar-refractivity contribution in [2.45, 2.75) is 13.0 Å². The number of hydrazine groups is 1. The van der Waals surface area contributed by atoms with Gasteiger partial charge in [0.2, 0.25) is 0 Å². The molecule has 1 aromatic rings. The fourth-order valence-corrected chi connectivity index (χ4v) is 1.30. The van der Waals surface area contributed by atoms with Crippen LogP contribution in [-0.4, -0.2) is 21.8 Å². The number of nitrogens with zero attached hydrogens (tertiary/aromatic N) is 3. The maximum atomic E-state index is 5.63. The Morgan fingerprint density at radius 3 is 2.82 bits per heavy atom. The molecule has 0 spiro atoms. The van der Waals surface area contributed by atoms with Crippen LogP contribution in [0.4, 0.5) is 0 Å². The first-order valence-corrected chi connectivity index (χ1v) is 3.64. The van der Waals surface area contributed by atoms with E-state index in [1.807, 2.05) is 6.20 Å². The Bertz CT molecular complexity index is 260. The fourth-order valence-electron chi connectivity index (χ4n) is 1.30. The highest BCUT2D eigenvalue weighted by Crippen LogP contribution is 2.13. The minimum Gasteiger partial charge on any atom is -0.268 e. The quantitative estimate of drug-likeness (QED) is 0.516. The summed E-state index contributed by atoms with van der Waals surface area (Å²) in [6.07, 6.45) is 4.60. The smallest absolute Gasteiger partial charge is 0.0544 e. The number of hydrogen-bond donors (Lipinski definition) is 1. The predicted molar refractivity (Wildman–Crippen MR) is 40.3 cm³/mol. The molecule has 0 unspecified atom stereocenters. The summed E-state index contributed by atoms with van der Waals surface area (Å²) in [5, 5.41) is 9.41. The van der Waals surface area contributed by atoms with E-state index in [1.54, 1.807) is 11.2 Å². The van der Waals surface area contributed by atoms with Gasteiger partial charge in [-0.1, -0.05) is 0 Å². The number of hydrogen-bond acceptors (Lipinski definition) is 4. The average Bonchev–Trinajstić information content (AvgIpc) is 2.04. The molecule has 2 N–H and O–H groups in total. The molecule has 11 heavy (non-hydrogen) atoms. The van der Waals surface area contributed by atoms with E-state index in [0.717, 1.165) is 19.5 Å². The third kappa shape index (κ3) is 1.22. The summed E-state index contributed by atoms with van der Waals surface area (Å²) in [5.41, 5.74) is 2.48. The van der Waals surface area contributed by atoms with Crippen LogP contribution in [0.25, 0.3) is 0 Å². The Morgan fingerprint density at radius 1 is 1.27 bits per heavy atom. The lowest BCUT2D eigenvalue weighted by atomic mass is 10.1. The van der Waals surface area contributed by atoms with Crippen LogP contribution in [0.2, 0.25) is 0 Å². The Labute approximate surface area is 65.0 Å². The standard InChI is InChI=1S/C7H10N4/c8-11-2-1-6-3-9-10-4-7(6)5-11/h3-4H,1-2,5,8H2. The lowest BCUT2D eigenvalue weighted by Crippen LogP contribution is -2.36. The maximum Gasteiger partial charge on any atom is 0.0544 e. The van der Waals surface area contributed by atoms with Crippen molar-refractivity contribution >= 4 is 0 Å². The molecule has 0 bridgehead atoms. The second-order valence-corrected chi connectivity index (χ2v) is 2.76.